The second kappa shape index (κ2) is 15.9. The van der Waals surface area contributed by atoms with Crippen LogP contribution in [0.15, 0.2) is 113 Å². The first-order valence-corrected chi connectivity index (χ1v) is 16.1. The van der Waals surface area contributed by atoms with Gasteiger partial charge in [0.1, 0.15) is 11.6 Å². The second-order valence-corrected chi connectivity index (χ2v) is 11.7. The Morgan fingerprint density at radius 3 is 2.50 bits per heavy atom. The number of ether oxygens (including phenoxy) is 2. The van der Waals surface area contributed by atoms with Crippen molar-refractivity contribution in [2.75, 3.05) is 25.5 Å². The predicted molar refractivity (Wildman–Crippen MR) is 178 cm³/mol. The molecule has 0 unspecified atom stereocenters. The van der Waals surface area contributed by atoms with Crippen LogP contribution < -0.4 is 10.1 Å². The first kappa shape index (κ1) is 32.6. The number of hydrogen-bond donors (Lipinski definition) is 2. The van der Waals surface area contributed by atoms with E-state index in [1.165, 1.54) is 12.1 Å². The average Bonchev–Trinajstić information content (AvgIpc) is 3.46. The zero-order valence-corrected chi connectivity index (χ0v) is 25.9. The van der Waals surface area contributed by atoms with Crippen LogP contribution in [-0.2, 0) is 21.7 Å². The molecule has 11 heteroatoms. The van der Waals surface area contributed by atoms with Gasteiger partial charge in [-0.2, -0.15) is 11.8 Å². The topological polar surface area (TPSA) is 129 Å². The van der Waals surface area contributed by atoms with E-state index in [-0.39, 0.29) is 30.6 Å². The Labute approximate surface area is 271 Å². The van der Waals surface area contributed by atoms with Crippen molar-refractivity contribution in [3.05, 3.63) is 142 Å². The van der Waals surface area contributed by atoms with Gasteiger partial charge in [0.25, 0.3) is 5.91 Å². The lowest BCUT2D eigenvalue weighted by molar-refractivity contribution is -0.128. The number of carbonyl (C=O) groups excluding carboxylic acids is 1. The fraction of sp³-hybridized carbons (Fsp3) is 0.257. The molecule has 0 aliphatic carbocycles. The van der Waals surface area contributed by atoms with Crippen LogP contribution in [0.2, 0.25) is 0 Å². The fourth-order valence-electron chi connectivity index (χ4n) is 5.18. The number of hydrogen-bond acceptors (Lipinski definition) is 7. The number of nitrogens with one attached hydrogen (secondary N) is 1. The number of carbonyl (C=O) groups is 1. The zero-order chi connectivity index (χ0) is 32.2. The van der Waals surface area contributed by atoms with Gasteiger partial charge in [-0.15, -0.1) is 0 Å². The Kier molecular flexibility index (Phi) is 11.3. The highest BCUT2D eigenvalue weighted by Gasteiger charge is 2.53. The number of rotatable bonds is 15. The van der Waals surface area contributed by atoms with Crippen molar-refractivity contribution >= 4 is 29.3 Å². The molecule has 0 radical (unpaired) electrons. The maximum Gasteiger partial charge on any atom is 0.252 e. The Bertz CT molecular complexity index is 1680. The van der Waals surface area contributed by atoms with Gasteiger partial charge in [0.2, 0.25) is 5.90 Å². The molecule has 236 valence electrons. The van der Waals surface area contributed by atoms with Crippen molar-refractivity contribution < 1.29 is 23.8 Å². The molecular weight excluding hydrogens is 605 g/mol. The molecule has 2 atom stereocenters. The Balaban J connectivity index is 1.46. The third-order valence-corrected chi connectivity index (χ3v) is 8.46. The van der Waals surface area contributed by atoms with E-state index in [2.05, 4.69) is 15.3 Å². The van der Waals surface area contributed by atoms with E-state index in [4.69, 9.17) is 19.6 Å². The highest BCUT2D eigenvalue weighted by molar-refractivity contribution is 7.98. The maximum absolute atomic E-state index is 14.4. The van der Waals surface area contributed by atoms with E-state index >= 15 is 0 Å². The van der Waals surface area contributed by atoms with Gasteiger partial charge in [0.05, 0.1) is 6.61 Å². The average molecular weight is 640 g/mol. The van der Waals surface area contributed by atoms with Crippen LogP contribution in [-0.4, -0.2) is 48.0 Å². The summed E-state index contributed by atoms with van der Waals surface area (Å²) in [6, 6.07) is 30.2. The van der Waals surface area contributed by atoms with Crippen molar-refractivity contribution in [1.29, 1.82) is 0 Å². The normalized spacial score (nSPS) is 17.0. The van der Waals surface area contributed by atoms with Gasteiger partial charge in [-0.3, -0.25) is 4.79 Å². The molecule has 0 fully saturated rings. The number of aliphatic imine (C=N–C) groups is 1. The number of halogens is 1. The smallest absolute Gasteiger partial charge is 0.252 e. The number of benzene rings is 4. The van der Waals surface area contributed by atoms with E-state index in [1.807, 2.05) is 48.5 Å². The molecule has 9 nitrogen and oxygen atoms in total. The first-order valence-electron chi connectivity index (χ1n) is 14.9. The molecule has 4 aromatic carbocycles. The largest absolute Gasteiger partial charge is 0.494 e. The van der Waals surface area contributed by atoms with Gasteiger partial charge in [-0.05, 0) is 53.1 Å². The molecule has 0 aromatic heterocycles. The second-order valence-electron chi connectivity index (χ2n) is 10.6. The first-order chi connectivity index (χ1) is 22.5. The highest BCUT2D eigenvalue weighted by atomic mass is 32.2. The lowest BCUT2D eigenvalue weighted by atomic mass is 9.81. The van der Waals surface area contributed by atoms with Crippen LogP contribution in [0.25, 0.3) is 10.4 Å². The summed E-state index contributed by atoms with van der Waals surface area (Å²) in [6.07, 6.45) is -0.161. The Morgan fingerprint density at radius 2 is 1.76 bits per heavy atom. The van der Waals surface area contributed by atoms with Crippen molar-refractivity contribution in [2.45, 2.75) is 30.2 Å². The van der Waals surface area contributed by atoms with E-state index < -0.39 is 11.6 Å². The molecule has 4 aromatic rings. The van der Waals surface area contributed by atoms with Crippen LogP contribution in [0.4, 0.5) is 10.1 Å². The number of aliphatic hydroxyl groups is 1. The van der Waals surface area contributed by atoms with E-state index in [1.54, 1.807) is 54.2 Å². The standard InChI is InChI=1S/C35H34FN5O4S/c36-28-15-11-26(12-16-28)24-46-22-19-38-34(43)35(23-25-7-2-1-3-8-25)32(30-9-4-5-10-31(30)40-41-37)45-33(39-35)27-13-17-29(18-14-27)44-21-6-20-42/h1-5,7-18,32,42H,6,19-24H2,(H,38,43)/t32-,35-/m1/s1. The summed E-state index contributed by atoms with van der Waals surface area (Å²) in [5, 5.41) is 16.1. The van der Waals surface area contributed by atoms with Gasteiger partial charge < -0.3 is 19.9 Å². The van der Waals surface area contributed by atoms with Crippen LogP contribution in [0.3, 0.4) is 0 Å². The molecule has 0 bridgehead atoms. The summed E-state index contributed by atoms with van der Waals surface area (Å²) in [5.74, 6) is 1.62. The summed E-state index contributed by atoms with van der Waals surface area (Å²) >= 11 is 1.63. The summed E-state index contributed by atoms with van der Waals surface area (Å²) in [6.45, 7) is 0.796. The zero-order valence-electron chi connectivity index (χ0n) is 25.1. The molecular formula is C35H34FN5O4S. The number of amides is 1. The summed E-state index contributed by atoms with van der Waals surface area (Å²) in [5.41, 5.74) is 11.3. The Morgan fingerprint density at radius 1 is 1.02 bits per heavy atom. The molecule has 0 spiro atoms. The lowest BCUT2D eigenvalue weighted by Gasteiger charge is -2.31. The molecule has 1 amide bonds. The van der Waals surface area contributed by atoms with Crippen LogP contribution in [0.1, 0.15) is 34.8 Å². The molecule has 1 heterocycles. The number of azide groups is 1. The molecule has 0 saturated carbocycles. The van der Waals surface area contributed by atoms with Crippen LogP contribution in [0.5, 0.6) is 5.75 Å². The highest BCUT2D eigenvalue weighted by Crippen LogP contribution is 2.45. The third kappa shape index (κ3) is 8.06. The molecule has 0 saturated heterocycles. The van der Waals surface area contributed by atoms with E-state index in [0.717, 1.165) is 11.1 Å². The molecule has 5 rings (SSSR count). The molecule has 1 aliphatic rings. The minimum atomic E-state index is -1.43. The van der Waals surface area contributed by atoms with Gasteiger partial charge in [0.15, 0.2) is 11.6 Å². The van der Waals surface area contributed by atoms with Crippen LogP contribution in [0, 0.1) is 5.82 Å². The third-order valence-electron chi connectivity index (χ3n) is 7.43. The minimum Gasteiger partial charge on any atom is -0.494 e. The van der Waals surface area contributed by atoms with Gasteiger partial charge >= 0.3 is 0 Å². The number of nitrogens with zero attached hydrogens (tertiary/aromatic N) is 4. The number of thioether (sulfide) groups is 1. The molecule has 1 aliphatic heterocycles. The summed E-state index contributed by atoms with van der Waals surface area (Å²) < 4.78 is 25.5. The van der Waals surface area contributed by atoms with E-state index in [9.17, 15) is 14.7 Å². The van der Waals surface area contributed by atoms with Crippen molar-refractivity contribution in [3.8, 4) is 5.75 Å². The Hall–Kier alpha value is -4.83. The quantitative estimate of drug-likeness (QED) is 0.0622. The monoisotopic (exact) mass is 639 g/mol. The van der Waals surface area contributed by atoms with Crippen molar-refractivity contribution in [3.63, 3.8) is 0 Å². The summed E-state index contributed by atoms with van der Waals surface area (Å²) in [7, 11) is 0. The van der Waals surface area contributed by atoms with Gasteiger partial charge in [-0.1, -0.05) is 71.8 Å². The van der Waals surface area contributed by atoms with Crippen LogP contribution >= 0.6 is 11.8 Å². The lowest BCUT2D eigenvalue weighted by Crippen LogP contribution is -2.50. The fourth-order valence-corrected chi connectivity index (χ4v) is 5.99. The SMILES string of the molecule is [N-]=[N+]=Nc1ccccc1[C@H]1OC(c2ccc(OCCCO)cc2)=N[C@@]1(Cc1ccccc1)C(=O)NCCSCc1ccc(F)cc1. The minimum absolute atomic E-state index is 0.0416. The van der Waals surface area contributed by atoms with Crippen molar-refractivity contribution in [2.24, 2.45) is 10.1 Å². The van der Waals surface area contributed by atoms with E-state index in [0.29, 0.717) is 53.6 Å². The number of aliphatic hydroxyl groups excluding tert-OH is 1. The molecule has 46 heavy (non-hydrogen) atoms. The van der Waals surface area contributed by atoms with Crippen molar-refractivity contribution in [1.82, 2.24) is 5.32 Å². The maximum atomic E-state index is 14.4. The van der Waals surface area contributed by atoms with Gasteiger partial charge in [-0.25, -0.2) is 9.38 Å². The molecule has 2 N–H and O–H groups in total. The predicted octanol–water partition coefficient (Wildman–Crippen LogP) is 7.08. The summed E-state index contributed by atoms with van der Waals surface area (Å²) in [4.78, 5) is 22.4. The van der Waals surface area contributed by atoms with Gasteiger partial charge in [0, 0.05) is 59.2 Å².